The number of thioether (sulfide) groups is 1. The van der Waals surface area contributed by atoms with Gasteiger partial charge in [-0.3, -0.25) is 0 Å². The molecule has 3 atom stereocenters. The maximum atomic E-state index is 2.43. The van der Waals surface area contributed by atoms with E-state index in [4.69, 9.17) is 0 Å². The van der Waals surface area contributed by atoms with Gasteiger partial charge in [0.1, 0.15) is 7.85 Å². The van der Waals surface area contributed by atoms with Gasteiger partial charge in [0.2, 0.25) is 0 Å². The molecular formula is C10H17BS. The van der Waals surface area contributed by atoms with Crippen LogP contribution in [0.25, 0.3) is 0 Å². The number of allylic oxidation sites excluding steroid dienone is 2. The maximum Gasteiger partial charge on any atom is 0.110 e. The molecule has 1 aliphatic heterocycles. The average molecular weight is 180 g/mol. The Labute approximate surface area is 80.6 Å². The van der Waals surface area contributed by atoms with E-state index in [9.17, 15) is 0 Å². The van der Waals surface area contributed by atoms with Crippen LogP contribution in [-0.4, -0.2) is 13.1 Å². The average Bonchev–Trinajstić information content (AvgIpc) is 2.40. The molecule has 1 heterocycles. The van der Waals surface area contributed by atoms with E-state index in [2.05, 4.69) is 40.4 Å². The van der Waals surface area contributed by atoms with Gasteiger partial charge in [-0.05, 0) is 36.4 Å². The molecule has 0 bridgehead atoms. The normalized spacial score (nSPS) is 46.9. The summed E-state index contributed by atoms with van der Waals surface area (Å²) >= 11 is 2.13. The second kappa shape index (κ2) is 2.57. The van der Waals surface area contributed by atoms with E-state index in [-0.39, 0.29) is 0 Å². The largest absolute Gasteiger partial charge is 0.127 e. The van der Waals surface area contributed by atoms with Crippen LogP contribution in [0.5, 0.6) is 0 Å². The van der Waals surface area contributed by atoms with Crippen LogP contribution in [0.2, 0.25) is 5.31 Å². The van der Waals surface area contributed by atoms with Gasteiger partial charge in [-0.15, -0.1) is 11.8 Å². The van der Waals surface area contributed by atoms with E-state index in [1.807, 2.05) is 0 Å². The van der Waals surface area contributed by atoms with Crippen molar-refractivity contribution in [2.75, 3.05) is 0 Å². The summed E-state index contributed by atoms with van der Waals surface area (Å²) in [7, 11) is 2.43. The summed E-state index contributed by atoms with van der Waals surface area (Å²) in [6.45, 7) is 7.04. The molecule has 0 N–H and O–H groups in total. The first-order chi connectivity index (χ1) is 5.52. The zero-order valence-electron chi connectivity index (χ0n) is 8.48. The molecule has 1 aliphatic carbocycles. The predicted octanol–water partition coefficient (Wildman–Crippen LogP) is 2.62. The van der Waals surface area contributed by atoms with Gasteiger partial charge < -0.3 is 0 Å². The van der Waals surface area contributed by atoms with Crippen LogP contribution in [-0.2, 0) is 0 Å². The van der Waals surface area contributed by atoms with Crippen molar-refractivity contribution in [2.24, 2.45) is 5.92 Å². The maximum absolute atomic E-state index is 2.43. The molecule has 2 heteroatoms. The molecule has 0 amide bonds. The summed E-state index contributed by atoms with van der Waals surface area (Å²) in [6.07, 6.45) is 2.84. The van der Waals surface area contributed by atoms with E-state index in [0.717, 1.165) is 11.2 Å². The summed E-state index contributed by atoms with van der Waals surface area (Å²) in [4.78, 5) is 1.60. The third-order valence-electron chi connectivity index (χ3n) is 3.65. The quantitative estimate of drug-likeness (QED) is 0.516. The third-order valence-corrected chi connectivity index (χ3v) is 5.55. The molecule has 3 unspecified atom stereocenters. The number of hydrogen-bond acceptors (Lipinski definition) is 1. The molecule has 0 aromatic rings. The fraction of sp³-hybridized carbons (Fsp3) is 0.800. The van der Waals surface area contributed by atoms with Gasteiger partial charge in [-0.25, -0.2) is 0 Å². The van der Waals surface area contributed by atoms with E-state index in [0.29, 0.717) is 5.31 Å². The molecule has 66 valence electrons. The first-order valence-electron chi connectivity index (χ1n) is 4.86. The molecule has 0 saturated heterocycles. The molecule has 0 nitrogen and oxygen atoms in total. The van der Waals surface area contributed by atoms with Crippen molar-refractivity contribution in [1.29, 1.82) is 0 Å². The molecule has 0 aromatic heterocycles. The molecule has 2 rings (SSSR count). The van der Waals surface area contributed by atoms with Crippen LogP contribution in [0.15, 0.2) is 10.5 Å². The SMILES string of the molecule is BC1(C)CCC2C(C)=C(C)SC21. The zero-order valence-corrected chi connectivity index (χ0v) is 9.29. The van der Waals surface area contributed by atoms with Gasteiger partial charge in [-0.1, -0.05) is 18.9 Å². The van der Waals surface area contributed by atoms with Crippen molar-refractivity contribution in [3.8, 4) is 0 Å². The summed E-state index contributed by atoms with van der Waals surface area (Å²) in [5, 5.41) is 1.46. The van der Waals surface area contributed by atoms with Crippen molar-refractivity contribution >= 4 is 19.6 Å². The molecular weight excluding hydrogens is 163 g/mol. The Bertz CT molecular complexity index is 242. The van der Waals surface area contributed by atoms with Gasteiger partial charge in [0.25, 0.3) is 0 Å². The van der Waals surface area contributed by atoms with Gasteiger partial charge in [0.15, 0.2) is 0 Å². The highest BCUT2D eigenvalue weighted by Gasteiger charge is 2.46. The number of hydrogen-bond donors (Lipinski definition) is 0. The molecule has 0 radical (unpaired) electrons. The van der Waals surface area contributed by atoms with Crippen molar-refractivity contribution in [3.63, 3.8) is 0 Å². The molecule has 0 spiro atoms. The van der Waals surface area contributed by atoms with Crippen molar-refractivity contribution in [3.05, 3.63) is 10.5 Å². The lowest BCUT2D eigenvalue weighted by atomic mass is 9.68. The first kappa shape index (κ1) is 8.74. The first-order valence-corrected chi connectivity index (χ1v) is 5.74. The van der Waals surface area contributed by atoms with E-state index < -0.39 is 0 Å². The van der Waals surface area contributed by atoms with Gasteiger partial charge in [0, 0.05) is 5.25 Å². The molecule has 2 aliphatic rings. The van der Waals surface area contributed by atoms with Crippen LogP contribution in [0.3, 0.4) is 0 Å². The Morgan fingerprint density at radius 1 is 1.50 bits per heavy atom. The highest BCUT2D eigenvalue weighted by atomic mass is 32.2. The van der Waals surface area contributed by atoms with Crippen LogP contribution in [0.1, 0.15) is 33.6 Å². The minimum atomic E-state index is 0.578. The van der Waals surface area contributed by atoms with Gasteiger partial charge in [-0.2, -0.15) is 0 Å². The van der Waals surface area contributed by atoms with Crippen LogP contribution in [0.4, 0.5) is 0 Å². The zero-order chi connectivity index (χ0) is 8.93. The van der Waals surface area contributed by atoms with Crippen molar-refractivity contribution in [2.45, 2.75) is 44.2 Å². The fourth-order valence-corrected chi connectivity index (χ4v) is 4.25. The van der Waals surface area contributed by atoms with Gasteiger partial charge in [0.05, 0.1) is 0 Å². The number of rotatable bonds is 0. The van der Waals surface area contributed by atoms with Gasteiger partial charge >= 0.3 is 0 Å². The van der Waals surface area contributed by atoms with Crippen LogP contribution < -0.4 is 0 Å². The van der Waals surface area contributed by atoms with Crippen molar-refractivity contribution in [1.82, 2.24) is 0 Å². The van der Waals surface area contributed by atoms with Crippen molar-refractivity contribution < 1.29 is 0 Å². The Morgan fingerprint density at radius 3 is 2.75 bits per heavy atom. The lowest BCUT2D eigenvalue weighted by Crippen LogP contribution is -2.19. The third kappa shape index (κ3) is 1.07. The lowest BCUT2D eigenvalue weighted by molar-refractivity contribution is 0.620. The summed E-state index contributed by atoms with van der Waals surface area (Å²) < 4.78 is 0. The van der Waals surface area contributed by atoms with Crippen LogP contribution in [0, 0.1) is 5.92 Å². The van der Waals surface area contributed by atoms with E-state index in [1.165, 1.54) is 12.8 Å². The lowest BCUT2D eigenvalue weighted by Gasteiger charge is -2.25. The Kier molecular flexibility index (Phi) is 1.87. The number of fused-ring (bicyclic) bond motifs is 1. The van der Waals surface area contributed by atoms with E-state index in [1.54, 1.807) is 10.5 Å². The highest BCUT2D eigenvalue weighted by molar-refractivity contribution is 8.04. The second-order valence-electron chi connectivity index (χ2n) is 4.91. The summed E-state index contributed by atoms with van der Waals surface area (Å²) in [5.41, 5.74) is 1.68. The smallest absolute Gasteiger partial charge is 0.110 e. The topological polar surface area (TPSA) is 0 Å². The Morgan fingerprint density at radius 2 is 2.17 bits per heavy atom. The highest BCUT2D eigenvalue weighted by Crippen LogP contribution is 2.59. The van der Waals surface area contributed by atoms with Crippen LogP contribution >= 0.6 is 11.8 Å². The minimum Gasteiger partial charge on any atom is -0.127 e. The summed E-state index contributed by atoms with van der Waals surface area (Å²) in [5.74, 6) is 0.907. The monoisotopic (exact) mass is 180 g/mol. The van der Waals surface area contributed by atoms with E-state index >= 15 is 0 Å². The molecule has 1 fully saturated rings. The fourth-order valence-electron chi connectivity index (χ4n) is 2.60. The molecule has 0 aromatic carbocycles. The summed E-state index contributed by atoms with van der Waals surface area (Å²) in [6, 6.07) is 0. The standard InChI is InChI=1S/C10H17BS/c1-6-7(2)12-9-8(6)4-5-10(9,3)11/h8-9H,4-5,11H2,1-3H3. The molecule has 12 heavy (non-hydrogen) atoms. The Balaban J connectivity index is 2.27. The Hall–Kier alpha value is 0.155. The predicted molar refractivity (Wildman–Crippen MR) is 59.4 cm³/mol. The second-order valence-corrected chi connectivity index (χ2v) is 6.27. The molecule has 1 saturated carbocycles. The minimum absolute atomic E-state index is 0.578.